The van der Waals surface area contributed by atoms with E-state index in [1.54, 1.807) is 12.4 Å². The number of rotatable bonds is 4. The van der Waals surface area contributed by atoms with Gasteiger partial charge in [-0.1, -0.05) is 35.9 Å². The van der Waals surface area contributed by atoms with Crippen LogP contribution < -0.4 is 0 Å². The summed E-state index contributed by atoms with van der Waals surface area (Å²) >= 11 is 0. The summed E-state index contributed by atoms with van der Waals surface area (Å²) in [6.07, 6.45) is 7.12. The maximum absolute atomic E-state index is 11.1. The van der Waals surface area contributed by atoms with Crippen molar-refractivity contribution in [2.75, 3.05) is 0 Å². The van der Waals surface area contributed by atoms with Crippen LogP contribution >= 0.6 is 0 Å². The van der Waals surface area contributed by atoms with Crippen LogP contribution in [0.2, 0.25) is 0 Å². The standard InChI is InChI=1S/C16H15NO/c1-13-2-5-15(6-3-13)16(12-18)7-4-14-8-10-17-11-9-14/h2-3,5-12H,4H2,1H3. The molecule has 18 heavy (non-hydrogen) atoms. The quantitative estimate of drug-likeness (QED) is 0.603. The molecule has 0 bridgehead atoms. The molecule has 1 aromatic heterocycles. The van der Waals surface area contributed by atoms with Gasteiger partial charge in [-0.25, -0.2) is 0 Å². The second kappa shape index (κ2) is 5.92. The molecule has 0 spiro atoms. The van der Waals surface area contributed by atoms with Crippen LogP contribution in [-0.4, -0.2) is 11.3 Å². The zero-order valence-electron chi connectivity index (χ0n) is 10.3. The van der Waals surface area contributed by atoms with E-state index in [0.29, 0.717) is 0 Å². The van der Waals surface area contributed by atoms with Gasteiger partial charge in [-0.15, -0.1) is 0 Å². The van der Waals surface area contributed by atoms with Gasteiger partial charge >= 0.3 is 0 Å². The van der Waals surface area contributed by atoms with Crippen LogP contribution in [-0.2, 0) is 11.2 Å². The van der Waals surface area contributed by atoms with Crippen molar-refractivity contribution in [2.24, 2.45) is 0 Å². The molecule has 0 unspecified atom stereocenters. The van der Waals surface area contributed by atoms with Crippen LogP contribution in [0.25, 0.3) is 5.57 Å². The van der Waals surface area contributed by atoms with E-state index >= 15 is 0 Å². The van der Waals surface area contributed by atoms with Crippen molar-refractivity contribution in [3.8, 4) is 0 Å². The Morgan fingerprint density at radius 3 is 2.39 bits per heavy atom. The third kappa shape index (κ3) is 3.14. The number of aryl methyl sites for hydroxylation is 1. The Bertz CT molecular complexity index is 541. The number of benzene rings is 1. The lowest BCUT2D eigenvalue weighted by Gasteiger charge is -2.02. The van der Waals surface area contributed by atoms with Crippen LogP contribution in [0, 0.1) is 6.92 Å². The van der Waals surface area contributed by atoms with E-state index in [1.165, 1.54) is 5.56 Å². The topological polar surface area (TPSA) is 30.0 Å². The van der Waals surface area contributed by atoms with Crippen molar-refractivity contribution in [2.45, 2.75) is 13.3 Å². The summed E-state index contributed by atoms with van der Waals surface area (Å²) in [7, 11) is 0. The van der Waals surface area contributed by atoms with E-state index in [-0.39, 0.29) is 0 Å². The summed E-state index contributed by atoms with van der Waals surface area (Å²) in [5.41, 5.74) is 4.03. The maximum atomic E-state index is 11.1. The summed E-state index contributed by atoms with van der Waals surface area (Å²) in [6.45, 7) is 2.03. The van der Waals surface area contributed by atoms with Gasteiger partial charge in [-0.2, -0.15) is 0 Å². The summed E-state index contributed by atoms with van der Waals surface area (Å²) in [5, 5.41) is 0. The van der Waals surface area contributed by atoms with Crippen LogP contribution in [0.1, 0.15) is 16.7 Å². The first-order valence-corrected chi connectivity index (χ1v) is 5.91. The molecule has 0 radical (unpaired) electrons. The van der Waals surface area contributed by atoms with E-state index in [4.69, 9.17) is 0 Å². The molecule has 1 heterocycles. The molecule has 0 aliphatic rings. The van der Waals surface area contributed by atoms with Gasteiger partial charge in [-0.3, -0.25) is 9.78 Å². The highest BCUT2D eigenvalue weighted by Gasteiger charge is 1.99. The Morgan fingerprint density at radius 1 is 1.11 bits per heavy atom. The zero-order chi connectivity index (χ0) is 12.8. The normalized spacial score (nSPS) is 11.3. The molecule has 0 atom stereocenters. The number of hydrogen-bond acceptors (Lipinski definition) is 2. The van der Waals surface area contributed by atoms with Crippen molar-refractivity contribution >= 4 is 11.9 Å². The molecule has 2 heteroatoms. The summed E-state index contributed by atoms with van der Waals surface area (Å²) in [5.74, 6) is 0. The lowest BCUT2D eigenvalue weighted by molar-refractivity contribution is -0.103. The smallest absolute Gasteiger partial charge is 0.150 e. The second-order valence-corrected chi connectivity index (χ2v) is 4.20. The SMILES string of the molecule is Cc1ccc(C(C=O)=CCc2ccncc2)cc1. The highest BCUT2D eigenvalue weighted by molar-refractivity contribution is 6.06. The molecular weight excluding hydrogens is 222 g/mol. The average molecular weight is 237 g/mol. The van der Waals surface area contributed by atoms with Crippen molar-refractivity contribution in [3.63, 3.8) is 0 Å². The average Bonchev–Trinajstić information content (AvgIpc) is 2.42. The number of hydrogen-bond donors (Lipinski definition) is 0. The molecule has 0 saturated carbocycles. The second-order valence-electron chi connectivity index (χ2n) is 4.20. The largest absolute Gasteiger partial charge is 0.298 e. The van der Waals surface area contributed by atoms with E-state index in [1.807, 2.05) is 49.4 Å². The Balaban J connectivity index is 2.18. The predicted molar refractivity (Wildman–Crippen MR) is 73.2 cm³/mol. The minimum absolute atomic E-state index is 0.729. The Labute approximate surface area is 107 Å². The fourth-order valence-electron chi connectivity index (χ4n) is 1.73. The van der Waals surface area contributed by atoms with Crippen LogP contribution in [0.3, 0.4) is 0 Å². The minimum atomic E-state index is 0.729. The van der Waals surface area contributed by atoms with E-state index in [2.05, 4.69) is 4.98 Å². The van der Waals surface area contributed by atoms with Crippen molar-refractivity contribution in [1.29, 1.82) is 0 Å². The predicted octanol–water partition coefficient (Wildman–Crippen LogP) is 3.22. The van der Waals surface area contributed by atoms with E-state index in [0.717, 1.165) is 29.4 Å². The highest BCUT2D eigenvalue weighted by atomic mass is 16.1. The van der Waals surface area contributed by atoms with Crippen LogP contribution in [0.15, 0.2) is 54.9 Å². The lowest BCUT2D eigenvalue weighted by atomic mass is 10.0. The fourth-order valence-corrected chi connectivity index (χ4v) is 1.73. The zero-order valence-corrected chi connectivity index (χ0v) is 10.3. The molecule has 2 aromatic rings. The first-order chi connectivity index (χ1) is 8.79. The number of aromatic nitrogens is 1. The number of aldehydes is 1. The van der Waals surface area contributed by atoms with Gasteiger partial charge < -0.3 is 0 Å². The molecule has 0 aliphatic carbocycles. The van der Waals surface area contributed by atoms with Gasteiger partial charge in [0.05, 0.1) is 0 Å². The first kappa shape index (κ1) is 12.2. The molecule has 0 amide bonds. The number of carbonyl (C=O) groups excluding carboxylic acids is 1. The molecule has 0 aliphatic heterocycles. The molecule has 2 nitrogen and oxygen atoms in total. The number of nitrogens with zero attached hydrogens (tertiary/aromatic N) is 1. The van der Waals surface area contributed by atoms with Gasteiger partial charge in [0.15, 0.2) is 0 Å². The monoisotopic (exact) mass is 237 g/mol. The molecule has 2 rings (SSSR count). The maximum Gasteiger partial charge on any atom is 0.150 e. The first-order valence-electron chi connectivity index (χ1n) is 5.91. The number of pyridine rings is 1. The molecular formula is C16H15NO. The third-order valence-corrected chi connectivity index (χ3v) is 2.82. The van der Waals surface area contributed by atoms with Crippen molar-refractivity contribution in [3.05, 3.63) is 71.6 Å². The Kier molecular flexibility index (Phi) is 4.02. The lowest BCUT2D eigenvalue weighted by Crippen LogP contribution is -1.89. The summed E-state index contributed by atoms with van der Waals surface area (Å²) in [4.78, 5) is 15.1. The van der Waals surface area contributed by atoms with Gasteiger partial charge in [0, 0.05) is 18.0 Å². The van der Waals surface area contributed by atoms with Gasteiger partial charge in [0.25, 0.3) is 0 Å². The van der Waals surface area contributed by atoms with E-state index < -0.39 is 0 Å². The van der Waals surface area contributed by atoms with Gasteiger partial charge in [-0.05, 0) is 36.6 Å². The van der Waals surface area contributed by atoms with Crippen LogP contribution in [0.4, 0.5) is 0 Å². The third-order valence-electron chi connectivity index (χ3n) is 2.82. The molecule has 1 aromatic carbocycles. The number of carbonyl (C=O) groups is 1. The van der Waals surface area contributed by atoms with Gasteiger partial charge in [0.2, 0.25) is 0 Å². The number of allylic oxidation sites excluding steroid dienone is 2. The molecule has 0 N–H and O–H groups in total. The summed E-state index contributed by atoms with van der Waals surface area (Å²) < 4.78 is 0. The van der Waals surface area contributed by atoms with Crippen molar-refractivity contribution in [1.82, 2.24) is 4.98 Å². The molecule has 0 saturated heterocycles. The Morgan fingerprint density at radius 2 is 1.78 bits per heavy atom. The minimum Gasteiger partial charge on any atom is -0.298 e. The van der Waals surface area contributed by atoms with Crippen LogP contribution in [0.5, 0.6) is 0 Å². The van der Waals surface area contributed by atoms with Gasteiger partial charge in [0.1, 0.15) is 6.29 Å². The Hall–Kier alpha value is -2.22. The van der Waals surface area contributed by atoms with E-state index in [9.17, 15) is 4.79 Å². The molecule has 90 valence electrons. The van der Waals surface area contributed by atoms with Crippen molar-refractivity contribution < 1.29 is 4.79 Å². The molecule has 0 fully saturated rings. The fraction of sp³-hybridized carbons (Fsp3) is 0.125. The highest BCUT2D eigenvalue weighted by Crippen LogP contribution is 2.14. The summed E-state index contributed by atoms with van der Waals surface area (Å²) in [6, 6.07) is 11.9.